The van der Waals surface area contributed by atoms with Crippen molar-refractivity contribution in [2.45, 2.75) is 87.0 Å². The van der Waals surface area contributed by atoms with Crippen LogP contribution in [0.25, 0.3) is 10.9 Å². The number of rotatable bonds is 22. The molecule has 1 fully saturated rings. The number of hydrogen-bond acceptors (Lipinski definition) is 9. The second-order valence-corrected chi connectivity index (χ2v) is 17.1. The van der Waals surface area contributed by atoms with E-state index in [9.17, 15) is 38.7 Å². The summed E-state index contributed by atoms with van der Waals surface area (Å²) < 4.78 is 0. The fraction of sp³-hybridized carbons (Fsp3) is 0.320. The van der Waals surface area contributed by atoms with Gasteiger partial charge in [0.1, 0.15) is 29.7 Å². The summed E-state index contributed by atoms with van der Waals surface area (Å²) in [6.45, 7) is -0.222. The number of para-hydroxylation sites is 1. The van der Waals surface area contributed by atoms with Gasteiger partial charge < -0.3 is 59.6 Å². The largest absolute Gasteiger partial charge is 0.478 e. The highest BCUT2D eigenvalue weighted by molar-refractivity contribution is 6.07. The van der Waals surface area contributed by atoms with Gasteiger partial charge in [0, 0.05) is 43.0 Å². The Morgan fingerprint density at radius 1 is 0.681 bits per heavy atom. The van der Waals surface area contributed by atoms with E-state index in [1.54, 1.807) is 36.5 Å². The summed E-state index contributed by atoms with van der Waals surface area (Å²) >= 11 is 0. The molecule has 1 saturated carbocycles. The maximum Gasteiger partial charge on any atom is 0.336 e. The van der Waals surface area contributed by atoms with Crippen molar-refractivity contribution in [1.29, 1.82) is 0 Å². The third-order valence-corrected chi connectivity index (χ3v) is 12.4. The van der Waals surface area contributed by atoms with E-state index in [1.807, 2.05) is 54.6 Å². The molecule has 4 atom stereocenters. The minimum Gasteiger partial charge on any atom is -0.478 e. The summed E-state index contributed by atoms with van der Waals surface area (Å²) in [6.07, 6.45) is 3.02. The van der Waals surface area contributed by atoms with Gasteiger partial charge in [-0.2, -0.15) is 0 Å². The number of carboxylic acid groups (broad SMARTS) is 1. The number of aromatic amines is 1. The number of carbonyl (C=O) groups excluding carboxylic acids is 6. The van der Waals surface area contributed by atoms with Crippen LogP contribution in [0.1, 0.15) is 81.8 Å². The lowest BCUT2D eigenvalue weighted by molar-refractivity contribution is -0.135. The number of guanidine groups is 1. The molecular weight excluding hydrogens is 883 g/mol. The number of nitrogens with zero attached hydrogens (tertiary/aromatic N) is 1. The second-order valence-electron chi connectivity index (χ2n) is 17.1. The third kappa shape index (κ3) is 13.3. The Labute approximate surface area is 398 Å². The van der Waals surface area contributed by atoms with Crippen molar-refractivity contribution in [1.82, 2.24) is 31.6 Å². The highest BCUT2D eigenvalue weighted by atomic mass is 16.4. The summed E-state index contributed by atoms with van der Waals surface area (Å²) in [7, 11) is 0. The van der Waals surface area contributed by atoms with Crippen LogP contribution in [0.3, 0.4) is 0 Å². The van der Waals surface area contributed by atoms with Gasteiger partial charge in [0.2, 0.25) is 29.5 Å². The Bertz CT molecular complexity index is 2640. The second kappa shape index (κ2) is 23.6. The first-order valence-electron chi connectivity index (χ1n) is 22.7. The molecule has 4 aromatic carbocycles. The lowest BCUT2D eigenvalue weighted by Gasteiger charge is -2.40. The van der Waals surface area contributed by atoms with Crippen LogP contribution in [0.15, 0.2) is 120 Å². The van der Waals surface area contributed by atoms with Crippen molar-refractivity contribution >= 4 is 58.3 Å². The molecule has 5 aromatic rings. The monoisotopic (exact) mass is 941 g/mol. The number of aromatic nitrogens is 1. The number of benzene rings is 4. The zero-order chi connectivity index (χ0) is 49.5. The topological polar surface area (TPSA) is 332 Å². The number of aliphatic imine (C=N–C) groups is 1. The minimum absolute atomic E-state index is 0.0294. The highest BCUT2D eigenvalue weighted by Crippen LogP contribution is 2.39. The highest BCUT2D eigenvalue weighted by Gasteiger charge is 2.45. The average molecular weight is 942 g/mol. The molecule has 6 amide bonds. The number of amides is 6. The fourth-order valence-electron chi connectivity index (χ4n) is 8.65. The summed E-state index contributed by atoms with van der Waals surface area (Å²) in [5, 5.41) is 24.6. The van der Waals surface area contributed by atoms with Gasteiger partial charge in [0.25, 0.3) is 5.91 Å². The van der Waals surface area contributed by atoms with Gasteiger partial charge in [-0.3, -0.25) is 33.8 Å². The number of primary amides is 1. The molecule has 1 aliphatic rings. The Morgan fingerprint density at radius 2 is 1.25 bits per heavy atom. The number of fused-ring (bicyclic) bond motifs is 1. The lowest BCUT2D eigenvalue weighted by Crippen LogP contribution is -2.64. The number of hydrogen-bond donors (Lipinski definition) is 11. The number of nitrogens with one attached hydrogen (secondary N) is 6. The number of carboxylic acids is 1. The molecule has 0 unspecified atom stereocenters. The van der Waals surface area contributed by atoms with Crippen LogP contribution in [0.4, 0.5) is 0 Å². The van der Waals surface area contributed by atoms with Crippen molar-refractivity contribution in [3.05, 3.63) is 143 Å². The maximum atomic E-state index is 14.9. The van der Waals surface area contributed by atoms with Gasteiger partial charge >= 0.3 is 5.97 Å². The van der Waals surface area contributed by atoms with E-state index < -0.39 is 71.1 Å². The lowest BCUT2D eigenvalue weighted by atomic mass is 9.73. The van der Waals surface area contributed by atoms with E-state index in [2.05, 4.69) is 36.6 Å². The molecule has 19 heteroatoms. The van der Waals surface area contributed by atoms with Crippen molar-refractivity contribution in [3.63, 3.8) is 0 Å². The molecule has 1 aromatic heterocycles. The molecular formula is C50H59N11O8. The van der Waals surface area contributed by atoms with E-state index in [4.69, 9.17) is 22.9 Å². The van der Waals surface area contributed by atoms with Crippen LogP contribution in [0, 0.1) is 0 Å². The predicted octanol–water partition coefficient (Wildman–Crippen LogP) is 1.61. The molecule has 362 valence electrons. The molecule has 15 N–H and O–H groups in total. The Morgan fingerprint density at radius 3 is 1.88 bits per heavy atom. The third-order valence-electron chi connectivity index (χ3n) is 12.4. The number of aromatic carboxylic acids is 1. The summed E-state index contributed by atoms with van der Waals surface area (Å²) in [5.41, 5.74) is 23.6. The number of carbonyl (C=O) groups is 7. The van der Waals surface area contributed by atoms with Gasteiger partial charge in [-0.15, -0.1) is 0 Å². The molecule has 69 heavy (non-hydrogen) atoms. The molecule has 1 aliphatic carbocycles. The van der Waals surface area contributed by atoms with Crippen LogP contribution in [-0.2, 0) is 36.8 Å². The first-order valence-corrected chi connectivity index (χ1v) is 22.7. The van der Waals surface area contributed by atoms with E-state index in [-0.39, 0.29) is 74.6 Å². The Hall–Kier alpha value is -8.06. The summed E-state index contributed by atoms with van der Waals surface area (Å²) in [5.74, 6) is -6.09. The Balaban J connectivity index is 1.30. The smallest absolute Gasteiger partial charge is 0.336 e. The van der Waals surface area contributed by atoms with Gasteiger partial charge in [-0.25, -0.2) is 4.79 Å². The molecule has 0 saturated heterocycles. The van der Waals surface area contributed by atoms with Crippen LogP contribution >= 0.6 is 0 Å². The molecule has 0 radical (unpaired) electrons. The van der Waals surface area contributed by atoms with Gasteiger partial charge in [-0.1, -0.05) is 91.0 Å². The molecule has 1 heterocycles. The molecule has 0 bridgehead atoms. The SMILES string of the molecule is NC[C@H](NC(=O)[C@H](Cc1c[nH]c2ccccc12)NC(=O)[C@H](CCCN=C(N)N)NC(=O)[C@@H](Cc1ccccc1)NC(=O)C1(NC(=O)c2ccccc2C(=O)O)CCC(c2ccccc2)CC1)C(N)=O. The predicted molar refractivity (Wildman–Crippen MR) is 259 cm³/mol. The van der Waals surface area contributed by atoms with Gasteiger partial charge in [0.05, 0.1) is 11.1 Å². The maximum absolute atomic E-state index is 14.9. The van der Waals surface area contributed by atoms with E-state index in [1.165, 1.54) is 24.3 Å². The molecule has 0 aliphatic heterocycles. The summed E-state index contributed by atoms with van der Waals surface area (Å²) in [6, 6.07) is 26.5. The van der Waals surface area contributed by atoms with Crippen molar-refractivity contribution < 1.29 is 38.7 Å². The summed E-state index contributed by atoms with van der Waals surface area (Å²) in [4.78, 5) is 104. The number of H-pyrrole nitrogens is 1. The van der Waals surface area contributed by atoms with Crippen LogP contribution in [0.5, 0.6) is 0 Å². The van der Waals surface area contributed by atoms with Crippen molar-refractivity contribution in [2.24, 2.45) is 27.9 Å². The van der Waals surface area contributed by atoms with Crippen molar-refractivity contribution in [3.8, 4) is 0 Å². The minimum atomic E-state index is -1.59. The van der Waals surface area contributed by atoms with E-state index in [0.29, 0.717) is 24.0 Å². The standard InChI is InChI=1S/C50H59N11O8/c51-28-41(42(52)62)59-46(66)40(27-33-29-56-37-19-10-9-16-34(33)37)58-44(64)38(20-11-25-55-49(53)54)57-45(65)39(26-30-12-3-1-4-13-30)60-48(69)50(23-21-32(22-24-50)31-14-5-2-6-15-31)61-43(63)35-17-7-8-18-36(35)47(67)68/h1-10,12-19,29,32,38-41,56H,11,20-28,51H2,(H2,52,62)(H,57,65)(H,58,64)(H,59,66)(H,60,69)(H,61,63)(H,67,68)(H4,53,54,55)/t32?,38-,39+,40-,41-,50?/m0/s1. The zero-order valence-electron chi connectivity index (χ0n) is 38.0. The molecule has 6 rings (SSSR count). The Kier molecular flexibility index (Phi) is 17.2. The van der Waals surface area contributed by atoms with Crippen LogP contribution < -0.4 is 49.5 Å². The first-order chi connectivity index (χ1) is 33.2. The number of nitrogens with two attached hydrogens (primary N) is 4. The normalized spacial score (nSPS) is 17.2. The average Bonchev–Trinajstić information content (AvgIpc) is 3.76. The fourth-order valence-corrected chi connectivity index (χ4v) is 8.65. The zero-order valence-corrected chi connectivity index (χ0v) is 38.0. The van der Waals surface area contributed by atoms with E-state index in [0.717, 1.165) is 16.5 Å². The molecule has 0 spiro atoms. The first kappa shape index (κ1) is 50.4. The van der Waals surface area contributed by atoms with Crippen LogP contribution in [-0.4, -0.2) is 100 Å². The van der Waals surface area contributed by atoms with Gasteiger partial charge in [-0.05, 0) is 79.3 Å². The molecule has 19 nitrogen and oxygen atoms in total. The quantitative estimate of drug-likeness (QED) is 0.0269. The van der Waals surface area contributed by atoms with E-state index >= 15 is 0 Å². The van der Waals surface area contributed by atoms with Crippen molar-refractivity contribution in [2.75, 3.05) is 13.1 Å². The van der Waals surface area contributed by atoms with Gasteiger partial charge in [0.15, 0.2) is 5.96 Å². The van der Waals surface area contributed by atoms with Crippen LogP contribution in [0.2, 0.25) is 0 Å².